The monoisotopic (exact) mass is 451 g/mol. The Morgan fingerprint density at radius 3 is 2.48 bits per heavy atom. The number of halogens is 4. The van der Waals surface area contributed by atoms with Crippen LogP contribution in [0.2, 0.25) is 15.1 Å². The van der Waals surface area contributed by atoms with E-state index in [-0.39, 0.29) is 5.91 Å². The van der Waals surface area contributed by atoms with Crippen LogP contribution in [-0.2, 0) is 4.79 Å². The van der Waals surface area contributed by atoms with Crippen molar-refractivity contribution in [1.29, 1.82) is 0 Å². The highest BCUT2D eigenvalue weighted by Gasteiger charge is 2.04. The van der Waals surface area contributed by atoms with Gasteiger partial charge in [0.2, 0.25) is 5.91 Å². The van der Waals surface area contributed by atoms with Crippen LogP contribution in [0.15, 0.2) is 42.5 Å². The van der Waals surface area contributed by atoms with E-state index in [9.17, 15) is 4.79 Å². The zero-order valence-corrected chi connectivity index (χ0v) is 15.0. The largest absolute Gasteiger partial charge is 0.321 e. The maximum Gasteiger partial charge on any atom is 0.248 e. The van der Waals surface area contributed by atoms with Gasteiger partial charge in [0, 0.05) is 19.7 Å². The molecule has 2 nitrogen and oxygen atoms in total. The molecule has 0 unspecified atom stereocenters. The Morgan fingerprint density at radius 2 is 1.81 bits per heavy atom. The van der Waals surface area contributed by atoms with Crippen molar-refractivity contribution < 1.29 is 4.79 Å². The lowest BCUT2D eigenvalue weighted by atomic mass is 10.2. The summed E-state index contributed by atoms with van der Waals surface area (Å²) in [6.45, 7) is 0. The van der Waals surface area contributed by atoms with Crippen molar-refractivity contribution in [2.45, 2.75) is 0 Å². The summed E-state index contributed by atoms with van der Waals surface area (Å²) in [6, 6.07) is 10.5. The van der Waals surface area contributed by atoms with E-state index in [0.29, 0.717) is 26.3 Å². The third-order valence-electron chi connectivity index (χ3n) is 2.57. The normalized spacial score (nSPS) is 10.9. The summed E-state index contributed by atoms with van der Waals surface area (Å²) in [5, 5.41) is 4.24. The average Bonchev–Trinajstić information content (AvgIpc) is 2.41. The molecule has 2 aromatic carbocycles. The molecular weight excluding hydrogens is 443 g/mol. The number of hydrogen-bond donors (Lipinski definition) is 1. The van der Waals surface area contributed by atoms with E-state index in [1.165, 1.54) is 6.08 Å². The molecule has 0 aromatic heterocycles. The van der Waals surface area contributed by atoms with Crippen molar-refractivity contribution in [2.24, 2.45) is 0 Å². The molecule has 0 aliphatic heterocycles. The van der Waals surface area contributed by atoms with Gasteiger partial charge in [0.05, 0.1) is 10.7 Å². The van der Waals surface area contributed by atoms with Crippen LogP contribution in [0.4, 0.5) is 5.69 Å². The van der Waals surface area contributed by atoms with Crippen molar-refractivity contribution in [3.63, 3.8) is 0 Å². The second kappa shape index (κ2) is 7.49. The van der Waals surface area contributed by atoms with E-state index in [1.807, 2.05) is 6.07 Å². The highest BCUT2D eigenvalue weighted by molar-refractivity contribution is 14.1. The number of benzene rings is 2. The molecule has 1 N–H and O–H groups in total. The Bertz CT molecular complexity index is 716. The van der Waals surface area contributed by atoms with Gasteiger partial charge < -0.3 is 5.32 Å². The number of amides is 1. The minimum absolute atomic E-state index is 0.288. The Balaban J connectivity index is 2.09. The SMILES string of the molecule is O=C(/C=C/c1ccc(Cl)cc1Cl)Nc1ccc(I)cc1Cl. The molecule has 0 radical (unpaired) electrons. The Hall–Kier alpha value is -0.750. The fourth-order valence-corrected chi connectivity index (χ4v) is 2.94. The smallest absolute Gasteiger partial charge is 0.248 e. The van der Waals surface area contributed by atoms with Gasteiger partial charge in [0.25, 0.3) is 0 Å². The summed E-state index contributed by atoms with van der Waals surface area (Å²) in [5.41, 5.74) is 1.28. The van der Waals surface area contributed by atoms with E-state index in [0.717, 1.165) is 3.57 Å². The van der Waals surface area contributed by atoms with Gasteiger partial charge in [0.15, 0.2) is 0 Å². The molecule has 0 atom stereocenters. The third-order valence-corrected chi connectivity index (χ3v) is 4.11. The van der Waals surface area contributed by atoms with Crippen molar-refractivity contribution in [2.75, 3.05) is 5.32 Å². The minimum Gasteiger partial charge on any atom is -0.321 e. The van der Waals surface area contributed by atoms with Crippen molar-refractivity contribution in [3.8, 4) is 0 Å². The van der Waals surface area contributed by atoms with Crippen LogP contribution in [0.3, 0.4) is 0 Å². The molecule has 21 heavy (non-hydrogen) atoms. The first-order valence-corrected chi connectivity index (χ1v) is 8.06. The fourth-order valence-electron chi connectivity index (χ4n) is 1.57. The maximum absolute atomic E-state index is 11.9. The van der Waals surface area contributed by atoms with Gasteiger partial charge in [-0.15, -0.1) is 0 Å². The fraction of sp³-hybridized carbons (Fsp3) is 0. The van der Waals surface area contributed by atoms with Crippen LogP contribution in [0.5, 0.6) is 0 Å². The molecule has 0 aliphatic carbocycles. The number of rotatable bonds is 3. The Morgan fingerprint density at radius 1 is 1.05 bits per heavy atom. The molecule has 0 bridgehead atoms. The summed E-state index contributed by atoms with van der Waals surface area (Å²) in [4.78, 5) is 11.9. The van der Waals surface area contributed by atoms with E-state index >= 15 is 0 Å². The van der Waals surface area contributed by atoms with Crippen molar-refractivity contribution in [1.82, 2.24) is 0 Å². The number of carbonyl (C=O) groups is 1. The van der Waals surface area contributed by atoms with E-state index in [1.54, 1.807) is 36.4 Å². The molecule has 0 saturated carbocycles. The maximum atomic E-state index is 11.9. The van der Waals surface area contributed by atoms with Crippen molar-refractivity contribution in [3.05, 3.63) is 66.7 Å². The number of nitrogens with one attached hydrogen (secondary N) is 1. The standard InChI is InChI=1S/C15H9Cl3INO/c16-10-3-1-9(12(17)7-10)2-6-15(21)20-14-5-4-11(19)8-13(14)18/h1-8H,(H,20,21)/b6-2+. The topological polar surface area (TPSA) is 29.1 Å². The first kappa shape index (κ1) is 16.6. The van der Waals surface area contributed by atoms with Gasteiger partial charge in [0.1, 0.15) is 0 Å². The quantitative estimate of drug-likeness (QED) is 0.456. The van der Waals surface area contributed by atoms with Gasteiger partial charge in [-0.05, 0) is 64.6 Å². The highest BCUT2D eigenvalue weighted by Crippen LogP contribution is 2.24. The third kappa shape index (κ3) is 4.88. The second-order valence-electron chi connectivity index (χ2n) is 4.11. The summed E-state index contributed by atoms with van der Waals surface area (Å²) >= 11 is 20.0. The number of hydrogen-bond acceptors (Lipinski definition) is 1. The molecule has 108 valence electrons. The molecule has 1 amide bonds. The van der Waals surface area contributed by atoms with Crippen LogP contribution in [-0.4, -0.2) is 5.91 Å². The Kier molecular flexibility index (Phi) is 5.93. The van der Waals surface area contributed by atoms with Gasteiger partial charge in [-0.1, -0.05) is 40.9 Å². The zero-order valence-electron chi connectivity index (χ0n) is 10.5. The van der Waals surface area contributed by atoms with Crippen LogP contribution in [0.1, 0.15) is 5.56 Å². The van der Waals surface area contributed by atoms with Crippen LogP contribution < -0.4 is 5.32 Å². The van der Waals surface area contributed by atoms with Crippen LogP contribution in [0.25, 0.3) is 6.08 Å². The highest BCUT2D eigenvalue weighted by atomic mass is 127. The Labute approximate surface area is 151 Å². The van der Waals surface area contributed by atoms with Crippen LogP contribution in [0, 0.1) is 3.57 Å². The first-order valence-electron chi connectivity index (χ1n) is 5.85. The van der Waals surface area contributed by atoms with Crippen LogP contribution >= 0.6 is 57.4 Å². The molecule has 0 fully saturated rings. The summed E-state index contributed by atoms with van der Waals surface area (Å²) in [6.07, 6.45) is 3.01. The predicted octanol–water partition coefficient (Wildman–Crippen LogP) is 5.90. The lowest BCUT2D eigenvalue weighted by Gasteiger charge is -2.05. The molecule has 2 aromatic rings. The van der Waals surface area contributed by atoms with Gasteiger partial charge in [-0.25, -0.2) is 0 Å². The molecule has 0 saturated heterocycles. The average molecular weight is 453 g/mol. The predicted molar refractivity (Wildman–Crippen MR) is 98.3 cm³/mol. The summed E-state index contributed by atoms with van der Waals surface area (Å²) in [5.74, 6) is -0.288. The van der Waals surface area contributed by atoms with Gasteiger partial charge in [-0.2, -0.15) is 0 Å². The van der Waals surface area contributed by atoms with Gasteiger partial charge in [-0.3, -0.25) is 4.79 Å². The number of carbonyl (C=O) groups excluding carboxylic acids is 1. The second-order valence-corrected chi connectivity index (χ2v) is 6.61. The summed E-state index contributed by atoms with van der Waals surface area (Å²) < 4.78 is 0.999. The molecule has 0 aliphatic rings. The van der Waals surface area contributed by atoms with Gasteiger partial charge >= 0.3 is 0 Å². The van der Waals surface area contributed by atoms with E-state index in [4.69, 9.17) is 34.8 Å². The minimum atomic E-state index is -0.288. The zero-order chi connectivity index (χ0) is 15.4. The van der Waals surface area contributed by atoms with E-state index < -0.39 is 0 Å². The summed E-state index contributed by atoms with van der Waals surface area (Å²) in [7, 11) is 0. The lowest BCUT2D eigenvalue weighted by Crippen LogP contribution is -2.08. The molecule has 0 spiro atoms. The van der Waals surface area contributed by atoms with Crippen molar-refractivity contribution >= 4 is 75.1 Å². The molecule has 6 heteroatoms. The van der Waals surface area contributed by atoms with E-state index in [2.05, 4.69) is 27.9 Å². The molecule has 0 heterocycles. The number of anilines is 1. The molecular formula is C15H9Cl3INO. The lowest BCUT2D eigenvalue weighted by molar-refractivity contribution is -0.111. The molecule has 2 rings (SSSR count). The first-order chi connectivity index (χ1) is 9.95.